The van der Waals surface area contributed by atoms with Crippen LogP contribution in [-0.4, -0.2) is 20.7 Å². The van der Waals surface area contributed by atoms with Crippen molar-refractivity contribution < 1.29 is 4.74 Å². The molecule has 3 heteroatoms. The smallest absolute Gasteiger partial charge is 0.135 e. The molecule has 0 aliphatic heterocycles. The van der Waals surface area contributed by atoms with Gasteiger partial charge in [0.15, 0.2) is 0 Å². The standard InChI is InChI=1S/C11H16BrNO/c1-8-6-9(4-5-13-2)7-10(12)11(8)14-3/h6-7,13H,4-5H2,1-3H3. The van der Waals surface area contributed by atoms with Gasteiger partial charge in [0.05, 0.1) is 11.6 Å². The molecule has 0 aliphatic rings. The molecule has 0 aliphatic carbocycles. The number of likely N-dealkylation sites (N-methyl/N-ethyl adjacent to an activating group) is 1. The van der Waals surface area contributed by atoms with Crippen molar-refractivity contribution in [1.29, 1.82) is 0 Å². The first-order valence-electron chi connectivity index (χ1n) is 4.66. The van der Waals surface area contributed by atoms with E-state index in [1.54, 1.807) is 7.11 Å². The molecule has 14 heavy (non-hydrogen) atoms. The van der Waals surface area contributed by atoms with Crippen molar-refractivity contribution in [2.24, 2.45) is 0 Å². The number of ether oxygens (including phenoxy) is 1. The Bertz CT molecular complexity index is 289. The Hall–Kier alpha value is -0.540. The van der Waals surface area contributed by atoms with Crippen LogP contribution in [0.4, 0.5) is 0 Å². The zero-order chi connectivity index (χ0) is 10.6. The monoisotopic (exact) mass is 257 g/mol. The third-order valence-electron chi connectivity index (χ3n) is 2.16. The fourth-order valence-corrected chi connectivity index (χ4v) is 2.24. The summed E-state index contributed by atoms with van der Waals surface area (Å²) >= 11 is 3.50. The average molecular weight is 258 g/mol. The molecule has 0 fully saturated rings. The molecule has 2 nitrogen and oxygen atoms in total. The van der Waals surface area contributed by atoms with Crippen molar-refractivity contribution in [1.82, 2.24) is 5.32 Å². The molecule has 0 aromatic heterocycles. The number of methoxy groups -OCH3 is 1. The van der Waals surface area contributed by atoms with Crippen molar-refractivity contribution in [3.63, 3.8) is 0 Å². The lowest BCUT2D eigenvalue weighted by atomic mass is 10.1. The summed E-state index contributed by atoms with van der Waals surface area (Å²) in [5, 5.41) is 3.14. The van der Waals surface area contributed by atoms with Gasteiger partial charge >= 0.3 is 0 Å². The van der Waals surface area contributed by atoms with Gasteiger partial charge in [0.25, 0.3) is 0 Å². The molecule has 0 saturated heterocycles. The molecule has 78 valence electrons. The van der Waals surface area contributed by atoms with E-state index in [0.29, 0.717) is 0 Å². The van der Waals surface area contributed by atoms with Crippen LogP contribution < -0.4 is 10.1 Å². The van der Waals surface area contributed by atoms with Crippen LogP contribution in [0.1, 0.15) is 11.1 Å². The van der Waals surface area contributed by atoms with E-state index in [4.69, 9.17) is 4.74 Å². The molecule has 1 aromatic rings. The van der Waals surface area contributed by atoms with Crippen LogP contribution in [0.5, 0.6) is 5.75 Å². The van der Waals surface area contributed by atoms with Gasteiger partial charge in [-0.2, -0.15) is 0 Å². The Morgan fingerprint density at radius 2 is 2.14 bits per heavy atom. The van der Waals surface area contributed by atoms with E-state index in [2.05, 4.69) is 40.3 Å². The Kier molecular flexibility index (Phi) is 4.42. The molecule has 0 amide bonds. The zero-order valence-electron chi connectivity index (χ0n) is 8.86. The number of hydrogen-bond donors (Lipinski definition) is 1. The molecule has 1 N–H and O–H groups in total. The summed E-state index contributed by atoms with van der Waals surface area (Å²) in [6, 6.07) is 4.28. The summed E-state index contributed by atoms with van der Waals surface area (Å²) in [4.78, 5) is 0. The van der Waals surface area contributed by atoms with Crippen LogP contribution in [0.15, 0.2) is 16.6 Å². The van der Waals surface area contributed by atoms with Crippen LogP contribution in [0.3, 0.4) is 0 Å². The Morgan fingerprint density at radius 3 is 2.64 bits per heavy atom. The summed E-state index contributed by atoms with van der Waals surface area (Å²) < 4.78 is 6.31. The van der Waals surface area contributed by atoms with Gasteiger partial charge in [-0.1, -0.05) is 6.07 Å². The first kappa shape index (κ1) is 11.5. The third kappa shape index (κ3) is 2.72. The van der Waals surface area contributed by atoms with E-state index in [1.165, 1.54) is 11.1 Å². The predicted molar refractivity (Wildman–Crippen MR) is 63.1 cm³/mol. The van der Waals surface area contributed by atoms with Gasteiger partial charge in [0.1, 0.15) is 5.75 Å². The first-order valence-corrected chi connectivity index (χ1v) is 5.46. The fourth-order valence-electron chi connectivity index (χ4n) is 1.47. The maximum atomic E-state index is 5.27. The highest BCUT2D eigenvalue weighted by Crippen LogP contribution is 2.29. The van der Waals surface area contributed by atoms with Crippen LogP contribution in [-0.2, 0) is 6.42 Å². The fraction of sp³-hybridized carbons (Fsp3) is 0.455. The number of benzene rings is 1. The minimum atomic E-state index is 0.929. The minimum absolute atomic E-state index is 0.929. The normalized spacial score (nSPS) is 10.3. The molecule has 0 bridgehead atoms. The Morgan fingerprint density at radius 1 is 1.43 bits per heavy atom. The van der Waals surface area contributed by atoms with Gasteiger partial charge in [-0.15, -0.1) is 0 Å². The quantitative estimate of drug-likeness (QED) is 0.896. The van der Waals surface area contributed by atoms with Gasteiger partial charge < -0.3 is 10.1 Å². The molecule has 0 unspecified atom stereocenters. The maximum Gasteiger partial charge on any atom is 0.135 e. The lowest BCUT2D eigenvalue weighted by molar-refractivity contribution is 0.409. The van der Waals surface area contributed by atoms with E-state index in [9.17, 15) is 0 Å². The second-order valence-corrected chi connectivity index (χ2v) is 4.14. The number of halogens is 1. The number of aryl methyl sites for hydroxylation is 1. The summed E-state index contributed by atoms with van der Waals surface area (Å²) in [5.41, 5.74) is 2.50. The van der Waals surface area contributed by atoms with Gasteiger partial charge in [0.2, 0.25) is 0 Å². The molecule has 0 heterocycles. The second kappa shape index (κ2) is 5.37. The minimum Gasteiger partial charge on any atom is -0.495 e. The van der Waals surface area contributed by atoms with Crippen molar-refractivity contribution in [2.45, 2.75) is 13.3 Å². The highest BCUT2D eigenvalue weighted by Gasteiger charge is 2.05. The summed E-state index contributed by atoms with van der Waals surface area (Å²) in [5.74, 6) is 0.929. The SMILES string of the molecule is CNCCc1cc(C)c(OC)c(Br)c1. The van der Waals surface area contributed by atoms with Crippen molar-refractivity contribution in [3.8, 4) is 5.75 Å². The van der Waals surface area contributed by atoms with Crippen molar-refractivity contribution in [3.05, 3.63) is 27.7 Å². The molecule has 0 spiro atoms. The third-order valence-corrected chi connectivity index (χ3v) is 2.75. The second-order valence-electron chi connectivity index (χ2n) is 3.28. The van der Waals surface area contributed by atoms with E-state index < -0.39 is 0 Å². The zero-order valence-corrected chi connectivity index (χ0v) is 10.4. The molecule has 0 saturated carbocycles. The topological polar surface area (TPSA) is 21.3 Å². The molecule has 1 aromatic carbocycles. The maximum absolute atomic E-state index is 5.27. The van der Waals surface area contributed by atoms with Crippen molar-refractivity contribution >= 4 is 15.9 Å². The molecule has 0 atom stereocenters. The average Bonchev–Trinajstić information content (AvgIpc) is 2.14. The van der Waals surface area contributed by atoms with E-state index >= 15 is 0 Å². The largest absolute Gasteiger partial charge is 0.495 e. The van der Waals surface area contributed by atoms with E-state index in [0.717, 1.165) is 23.2 Å². The Balaban J connectivity index is 2.90. The summed E-state index contributed by atoms with van der Waals surface area (Å²) in [7, 11) is 3.66. The highest BCUT2D eigenvalue weighted by atomic mass is 79.9. The van der Waals surface area contributed by atoms with Crippen LogP contribution >= 0.6 is 15.9 Å². The molecule has 1 rings (SSSR count). The van der Waals surface area contributed by atoms with Gasteiger partial charge in [-0.05, 0) is 60.1 Å². The van der Waals surface area contributed by atoms with Gasteiger partial charge in [-0.25, -0.2) is 0 Å². The number of hydrogen-bond acceptors (Lipinski definition) is 2. The molecular weight excluding hydrogens is 242 g/mol. The first-order chi connectivity index (χ1) is 6.69. The Labute approximate surface area is 93.8 Å². The summed E-state index contributed by atoms with van der Waals surface area (Å²) in [6.45, 7) is 3.06. The lowest BCUT2D eigenvalue weighted by Crippen LogP contribution is -2.10. The molecular formula is C11H16BrNO. The number of rotatable bonds is 4. The summed E-state index contributed by atoms with van der Waals surface area (Å²) in [6.07, 6.45) is 1.04. The van der Waals surface area contributed by atoms with Crippen LogP contribution in [0.2, 0.25) is 0 Å². The van der Waals surface area contributed by atoms with Crippen LogP contribution in [0, 0.1) is 6.92 Å². The van der Waals surface area contributed by atoms with E-state index in [1.807, 2.05) is 7.05 Å². The predicted octanol–water partition coefficient (Wildman–Crippen LogP) is 2.53. The number of nitrogens with one attached hydrogen (secondary N) is 1. The lowest BCUT2D eigenvalue weighted by Gasteiger charge is -2.10. The molecule has 0 radical (unpaired) electrons. The van der Waals surface area contributed by atoms with Crippen molar-refractivity contribution in [2.75, 3.05) is 20.7 Å². The van der Waals surface area contributed by atoms with Crippen LogP contribution in [0.25, 0.3) is 0 Å². The van der Waals surface area contributed by atoms with Gasteiger partial charge in [-0.3, -0.25) is 0 Å². The van der Waals surface area contributed by atoms with E-state index in [-0.39, 0.29) is 0 Å². The van der Waals surface area contributed by atoms with Gasteiger partial charge in [0, 0.05) is 0 Å². The highest BCUT2D eigenvalue weighted by molar-refractivity contribution is 9.10.